The van der Waals surface area contributed by atoms with Crippen molar-refractivity contribution in [3.05, 3.63) is 0 Å². The summed E-state index contributed by atoms with van der Waals surface area (Å²) in [7, 11) is 3.56. The molecule has 0 aliphatic heterocycles. The van der Waals surface area contributed by atoms with Gasteiger partial charge in [-0.2, -0.15) is 0 Å². The molecule has 1 saturated carbocycles. The fourth-order valence-electron chi connectivity index (χ4n) is 3.05. The Morgan fingerprint density at radius 2 is 1.33 bits per heavy atom. The normalized spacial score (nSPS) is 29.6. The second-order valence-corrected chi connectivity index (χ2v) is 4.82. The monoisotopic (exact) mass is 214 g/mol. The molecule has 15 heavy (non-hydrogen) atoms. The second-order valence-electron chi connectivity index (χ2n) is 4.82. The van der Waals surface area contributed by atoms with Crippen LogP contribution in [0.4, 0.5) is 0 Å². The van der Waals surface area contributed by atoms with Gasteiger partial charge in [0.05, 0.1) is 0 Å². The van der Waals surface area contributed by atoms with E-state index in [0.717, 1.165) is 24.7 Å². The van der Waals surface area contributed by atoms with Gasteiger partial charge in [-0.25, -0.2) is 0 Å². The van der Waals surface area contributed by atoms with E-state index in [0.29, 0.717) is 0 Å². The van der Waals surface area contributed by atoms with Crippen LogP contribution in [0.5, 0.6) is 0 Å². The van der Waals surface area contributed by atoms with E-state index in [1.165, 1.54) is 25.7 Å². The third kappa shape index (κ3) is 2.94. The minimum Gasteiger partial charge on any atom is -0.353 e. The highest BCUT2D eigenvalue weighted by Crippen LogP contribution is 2.45. The topological polar surface area (TPSA) is 18.5 Å². The molecule has 1 aliphatic rings. The van der Waals surface area contributed by atoms with Gasteiger partial charge >= 0.3 is 0 Å². The quantitative estimate of drug-likeness (QED) is 0.629. The van der Waals surface area contributed by atoms with Crippen molar-refractivity contribution >= 4 is 0 Å². The maximum Gasteiger partial charge on any atom is 0.168 e. The molecular formula is C13H26O2. The molecule has 0 aromatic carbocycles. The summed E-state index contributed by atoms with van der Waals surface area (Å²) in [6.07, 6.45) is 7.35. The minimum absolute atomic E-state index is 0.278. The van der Waals surface area contributed by atoms with Crippen LogP contribution in [0.15, 0.2) is 0 Å². The molecule has 0 spiro atoms. The first kappa shape index (κ1) is 13.0. The van der Waals surface area contributed by atoms with Crippen molar-refractivity contribution in [1.29, 1.82) is 0 Å². The van der Waals surface area contributed by atoms with Crippen molar-refractivity contribution in [2.75, 3.05) is 14.2 Å². The van der Waals surface area contributed by atoms with Crippen LogP contribution in [0, 0.1) is 11.8 Å². The van der Waals surface area contributed by atoms with E-state index in [4.69, 9.17) is 9.47 Å². The molecule has 2 heteroatoms. The van der Waals surface area contributed by atoms with Gasteiger partial charge in [0, 0.05) is 27.1 Å². The summed E-state index contributed by atoms with van der Waals surface area (Å²) in [5, 5.41) is 0. The molecule has 0 saturated heterocycles. The lowest BCUT2D eigenvalue weighted by Gasteiger charge is -2.26. The fourth-order valence-corrected chi connectivity index (χ4v) is 3.05. The van der Waals surface area contributed by atoms with Crippen molar-refractivity contribution in [3.8, 4) is 0 Å². The maximum absolute atomic E-state index is 5.58. The lowest BCUT2D eigenvalue weighted by molar-refractivity contribution is -0.204. The summed E-state index contributed by atoms with van der Waals surface area (Å²) >= 11 is 0. The molecule has 0 aromatic heterocycles. The predicted molar refractivity (Wildman–Crippen MR) is 62.8 cm³/mol. The summed E-state index contributed by atoms with van der Waals surface area (Å²) in [6.45, 7) is 4.53. The summed E-state index contributed by atoms with van der Waals surface area (Å²) in [4.78, 5) is 0. The Labute approximate surface area is 94.3 Å². The number of methoxy groups -OCH3 is 2. The lowest BCUT2D eigenvalue weighted by Crippen LogP contribution is -2.30. The van der Waals surface area contributed by atoms with Gasteiger partial charge in [-0.15, -0.1) is 0 Å². The van der Waals surface area contributed by atoms with Crippen molar-refractivity contribution in [3.63, 3.8) is 0 Å². The highest BCUT2D eigenvalue weighted by molar-refractivity contribution is 4.89. The zero-order valence-electron chi connectivity index (χ0n) is 10.7. The molecule has 0 N–H and O–H groups in total. The molecule has 2 nitrogen and oxygen atoms in total. The summed E-state index contributed by atoms with van der Waals surface area (Å²) in [5.41, 5.74) is 0. The van der Waals surface area contributed by atoms with E-state index in [9.17, 15) is 0 Å². The Balaban J connectivity index is 2.62. The molecule has 2 unspecified atom stereocenters. The predicted octanol–water partition coefficient (Wildman–Crippen LogP) is 3.60. The van der Waals surface area contributed by atoms with Gasteiger partial charge in [0.1, 0.15) is 0 Å². The zero-order chi connectivity index (χ0) is 11.3. The van der Waals surface area contributed by atoms with Crippen LogP contribution in [0.2, 0.25) is 0 Å². The van der Waals surface area contributed by atoms with Crippen LogP contribution in [0.3, 0.4) is 0 Å². The van der Waals surface area contributed by atoms with Crippen molar-refractivity contribution in [2.24, 2.45) is 11.8 Å². The van der Waals surface area contributed by atoms with E-state index in [2.05, 4.69) is 13.8 Å². The summed E-state index contributed by atoms with van der Waals surface area (Å²) < 4.78 is 11.2. The van der Waals surface area contributed by atoms with Crippen molar-refractivity contribution in [1.82, 2.24) is 0 Å². The van der Waals surface area contributed by atoms with Crippen LogP contribution in [-0.4, -0.2) is 20.0 Å². The molecule has 0 aromatic rings. The average molecular weight is 214 g/mol. The number of ether oxygens (including phenoxy) is 2. The Bertz CT molecular complexity index is 159. The van der Waals surface area contributed by atoms with E-state index in [1.807, 2.05) is 0 Å². The largest absolute Gasteiger partial charge is 0.353 e. The second kappa shape index (κ2) is 5.86. The van der Waals surface area contributed by atoms with Gasteiger partial charge in [0.15, 0.2) is 5.79 Å². The molecule has 1 rings (SSSR count). The maximum atomic E-state index is 5.58. The minimum atomic E-state index is -0.278. The standard InChI is InChI=1S/C13H26O2/c1-5-7-11-9-13(14-3,15-4)10-12(11)8-6-2/h11-12H,5-10H2,1-4H3. The molecule has 0 radical (unpaired) electrons. The van der Waals surface area contributed by atoms with Gasteiger partial charge in [0.25, 0.3) is 0 Å². The molecule has 90 valence electrons. The third-order valence-corrected chi connectivity index (χ3v) is 3.88. The number of hydrogen-bond donors (Lipinski definition) is 0. The van der Waals surface area contributed by atoms with Gasteiger partial charge < -0.3 is 9.47 Å². The molecular weight excluding hydrogens is 188 g/mol. The first-order valence-corrected chi connectivity index (χ1v) is 6.31. The molecule has 2 atom stereocenters. The average Bonchev–Trinajstić information content (AvgIpc) is 2.59. The first-order chi connectivity index (χ1) is 7.21. The molecule has 0 heterocycles. The van der Waals surface area contributed by atoms with Gasteiger partial charge in [-0.1, -0.05) is 39.5 Å². The van der Waals surface area contributed by atoms with Crippen molar-refractivity contribution in [2.45, 2.75) is 58.2 Å². The highest BCUT2D eigenvalue weighted by atomic mass is 16.7. The molecule has 1 fully saturated rings. The Morgan fingerprint density at radius 3 is 1.60 bits per heavy atom. The van der Waals surface area contributed by atoms with Crippen molar-refractivity contribution < 1.29 is 9.47 Å². The molecule has 1 aliphatic carbocycles. The third-order valence-electron chi connectivity index (χ3n) is 3.88. The van der Waals surface area contributed by atoms with E-state index >= 15 is 0 Å². The van der Waals surface area contributed by atoms with E-state index in [-0.39, 0.29) is 5.79 Å². The zero-order valence-corrected chi connectivity index (χ0v) is 10.7. The SMILES string of the molecule is CCCC1CC(OC)(OC)CC1CCC. The Morgan fingerprint density at radius 1 is 0.933 bits per heavy atom. The van der Waals surface area contributed by atoms with Gasteiger partial charge in [-0.3, -0.25) is 0 Å². The Kier molecular flexibility index (Phi) is 5.07. The fraction of sp³-hybridized carbons (Fsp3) is 1.00. The van der Waals surface area contributed by atoms with Gasteiger partial charge in [-0.05, 0) is 11.8 Å². The van der Waals surface area contributed by atoms with Crippen LogP contribution < -0.4 is 0 Å². The van der Waals surface area contributed by atoms with Gasteiger partial charge in [0.2, 0.25) is 0 Å². The van der Waals surface area contributed by atoms with Crippen LogP contribution >= 0.6 is 0 Å². The number of rotatable bonds is 6. The van der Waals surface area contributed by atoms with Crippen LogP contribution in [0.25, 0.3) is 0 Å². The molecule has 0 amide bonds. The Hall–Kier alpha value is -0.0800. The van der Waals surface area contributed by atoms with Crippen LogP contribution in [0.1, 0.15) is 52.4 Å². The van der Waals surface area contributed by atoms with E-state index in [1.54, 1.807) is 14.2 Å². The number of hydrogen-bond acceptors (Lipinski definition) is 2. The van der Waals surface area contributed by atoms with Crippen LogP contribution in [-0.2, 0) is 9.47 Å². The van der Waals surface area contributed by atoms with E-state index < -0.39 is 0 Å². The summed E-state index contributed by atoms with van der Waals surface area (Å²) in [6, 6.07) is 0. The lowest BCUT2D eigenvalue weighted by atomic mass is 9.89. The first-order valence-electron chi connectivity index (χ1n) is 6.31. The smallest absolute Gasteiger partial charge is 0.168 e. The summed E-state index contributed by atoms with van der Waals surface area (Å²) in [5.74, 6) is 1.32. The molecule has 0 bridgehead atoms. The highest BCUT2D eigenvalue weighted by Gasteiger charge is 2.44.